The van der Waals surface area contributed by atoms with Gasteiger partial charge < -0.3 is 9.32 Å². The van der Waals surface area contributed by atoms with Crippen molar-refractivity contribution in [2.75, 3.05) is 19.6 Å². The summed E-state index contributed by atoms with van der Waals surface area (Å²) >= 11 is 0. The Morgan fingerprint density at radius 2 is 2.00 bits per heavy atom. The summed E-state index contributed by atoms with van der Waals surface area (Å²) in [6.07, 6.45) is 6.41. The van der Waals surface area contributed by atoms with Crippen molar-refractivity contribution in [3.63, 3.8) is 0 Å². The number of carbonyl (C=O) groups is 1. The number of nitrogens with zero attached hydrogens (tertiary/aromatic N) is 3. The maximum atomic E-state index is 12.9. The summed E-state index contributed by atoms with van der Waals surface area (Å²) in [5.41, 5.74) is 1.94. The lowest BCUT2D eigenvalue weighted by Crippen LogP contribution is -2.60. The monoisotopic (exact) mass is 365 g/mol. The molecule has 0 spiro atoms. The first-order chi connectivity index (χ1) is 13.2. The summed E-state index contributed by atoms with van der Waals surface area (Å²) in [6, 6.07) is 12.1. The van der Waals surface area contributed by atoms with Gasteiger partial charge in [-0.15, -0.1) is 0 Å². The van der Waals surface area contributed by atoms with Crippen molar-refractivity contribution in [3.05, 3.63) is 53.7 Å². The average molecular weight is 365 g/mol. The van der Waals surface area contributed by atoms with Crippen LogP contribution in [0.3, 0.4) is 0 Å². The summed E-state index contributed by atoms with van der Waals surface area (Å²) in [6.45, 7) is 4.61. The second-order valence-electron chi connectivity index (χ2n) is 8.45. The molecule has 1 aromatic heterocycles. The molecule has 5 heteroatoms. The topological polar surface area (TPSA) is 49.6 Å². The molecule has 5 rings (SSSR count). The van der Waals surface area contributed by atoms with Crippen LogP contribution in [0.15, 0.2) is 41.1 Å². The Morgan fingerprint density at radius 3 is 2.78 bits per heavy atom. The normalized spacial score (nSPS) is 30.8. The Bertz CT molecular complexity index is 818. The molecule has 2 aromatic rings. The number of aromatic nitrogens is 1. The Morgan fingerprint density at radius 1 is 1.15 bits per heavy atom. The molecular weight excluding hydrogens is 338 g/mol. The van der Waals surface area contributed by atoms with Crippen LogP contribution < -0.4 is 0 Å². The van der Waals surface area contributed by atoms with Crippen molar-refractivity contribution in [1.82, 2.24) is 14.8 Å². The van der Waals surface area contributed by atoms with Crippen molar-refractivity contribution in [2.24, 2.45) is 11.8 Å². The smallest absolute Gasteiger partial charge is 0.276 e. The van der Waals surface area contributed by atoms with E-state index in [4.69, 9.17) is 4.42 Å². The summed E-state index contributed by atoms with van der Waals surface area (Å²) in [5, 5.41) is 0. The first-order valence-electron chi connectivity index (χ1n) is 10.2. The summed E-state index contributed by atoms with van der Waals surface area (Å²) < 4.78 is 5.25. The maximum absolute atomic E-state index is 12.9. The van der Waals surface area contributed by atoms with Gasteiger partial charge in [-0.3, -0.25) is 9.69 Å². The average Bonchev–Trinajstić information content (AvgIpc) is 3.13. The minimum absolute atomic E-state index is 0.0415. The van der Waals surface area contributed by atoms with E-state index in [2.05, 4.69) is 40.2 Å². The lowest BCUT2D eigenvalue weighted by Gasteiger charge is -2.55. The van der Waals surface area contributed by atoms with Crippen LogP contribution in [0.25, 0.3) is 0 Å². The molecule has 3 aliphatic rings. The van der Waals surface area contributed by atoms with Crippen molar-refractivity contribution in [3.8, 4) is 0 Å². The molecule has 3 saturated heterocycles. The lowest BCUT2D eigenvalue weighted by molar-refractivity contribution is -0.0512. The van der Waals surface area contributed by atoms with Gasteiger partial charge in [0.05, 0.1) is 0 Å². The third kappa shape index (κ3) is 2.98. The van der Waals surface area contributed by atoms with Gasteiger partial charge in [0.15, 0.2) is 12.1 Å². The highest BCUT2D eigenvalue weighted by Gasteiger charge is 2.46. The van der Waals surface area contributed by atoms with Gasteiger partial charge in [0.1, 0.15) is 5.76 Å². The Kier molecular flexibility index (Phi) is 4.27. The molecular formula is C22H27N3O2. The zero-order valence-corrected chi connectivity index (χ0v) is 15.9. The van der Waals surface area contributed by atoms with Crippen molar-refractivity contribution in [2.45, 2.75) is 44.7 Å². The molecule has 0 N–H and O–H groups in total. The molecule has 142 valence electrons. The number of likely N-dealkylation sites (tertiary alicyclic amines) is 1. The van der Waals surface area contributed by atoms with E-state index in [1.54, 1.807) is 0 Å². The molecule has 5 nitrogen and oxygen atoms in total. The Labute approximate surface area is 160 Å². The highest BCUT2D eigenvalue weighted by molar-refractivity contribution is 5.93. The van der Waals surface area contributed by atoms with E-state index in [9.17, 15) is 4.79 Å². The molecule has 2 bridgehead atoms. The van der Waals surface area contributed by atoms with Crippen LogP contribution in [0.2, 0.25) is 0 Å². The number of oxazole rings is 1. The highest BCUT2D eigenvalue weighted by Crippen LogP contribution is 2.44. The van der Waals surface area contributed by atoms with Gasteiger partial charge in [-0.2, -0.15) is 0 Å². The molecule has 1 aromatic carbocycles. The molecule has 0 unspecified atom stereocenters. The fourth-order valence-corrected chi connectivity index (χ4v) is 5.67. The van der Waals surface area contributed by atoms with Gasteiger partial charge >= 0.3 is 0 Å². The first kappa shape index (κ1) is 17.0. The second-order valence-corrected chi connectivity index (χ2v) is 8.45. The predicted molar refractivity (Wildman–Crippen MR) is 102 cm³/mol. The molecule has 1 amide bonds. The van der Waals surface area contributed by atoms with E-state index < -0.39 is 0 Å². The molecule has 3 fully saturated rings. The van der Waals surface area contributed by atoms with Crippen LogP contribution in [0, 0.1) is 18.8 Å². The number of benzene rings is 1. The van der Waals surface area contributed by atoms with Crippen molar-refractivity contribution >= 4 is 5.91 Å². The van der Waals surface area contributed by atoms with E-state index in [-0.39, 0.29) is 5.91 Å². The van der Waals surface area contributed by atoms with Crippen molar-refractivity contribution < 1.29 is 9.21 Å². The lowest BCUT2D eigenvalue weighted by atomic mass is 9.74. The number of piperidine rings is 3. The largest absolute Gasteiger partial charge is 0.448 e. The van der Waals surface area contributed by atoms with Gasteiger partial charge in [0, 0.05) is 31.7 Å². The minimum atomic E-state index is 0.0415. The molecule has 0 aliphatic carbocycles. The van der Waals surface area contributed by atoms with Crippen LogP contribution in [0.4, 0.5) is 0 Å². The number of amides is 1. The summed E-state index contributed by atoms with van der Waals surface area (Å²) in [4.78, 5) is 21.9. The van der Waals surface area contributed by atoms with Gasteiger partial charge in [-0.05, 0) is 50.0 Å². The Hall–Kier alpha value is -2.14. The number of aryl methyl sites for hydroxylation is 1. The van der Waals surface area contributed by atoms with Crippen LogP contribution >= 0.6 is 0 Å². The van der Waals surface area contributed by atoms with E-state index >= 15 is 0 Å². The molecule has 27 heavy (non-hydrogen) atoms. The molecule has 0 radical (unpaired) electrons. The maximum Gasteiger partial charge on any atom is 0.276 e. The zero-order valence-electron chi connectivity index (χ0n) is 15.9. The van der Waals surface area contributed by atoms with E-state index in [1.165, 1.54) is 37.6 Å². The fraction of sp³-hybridized carbons (Fsp3) is 0.545. The number of hydrogen-bond donors (Lipinski definition) is 0. The first-order valence-corrected chi connectivity index (χ1v) is 10.2. The molecule has 0 saturated carbocycles. The summed E-state index contributed by atoms with van der Waals surface area (Å²) in [5.74, 6) is 1.79. The van der Waals surface area contributed by atoms with Gasteiger partial charge in [0.25, 0.3) is 5.91 Å². The van der Waals surface area contributed by atoms with E-state index in [0.717, 1.165) is 19.6 Å². The third-order valence-electron chi connectivity index (χ3n) is 6.81. The standard InChI is InChI=1S/C22H27N3O2/c1-15-21(23-14-27-15)22(26)24-11-16-10-18(13-24)20-9-5-8-19(25(20)12-16)17-6-3-2-4-7-17/h2-4,6-7,14,16,18-20H,5,8-13H2,1H3/t16-,18+,19+,20-/m0/s1. The molecule has 3 aliphatic heterocycles. The van der Waals surface area contributed by atoms with Gasteiger partial charge in [-0.25, -0.2) is 4.98 Å². The second kappa shape index (κ2) is 6.79. The third-order valence-corrected chi connectivity index (χ3v) is 6.81. The number of rotatable bonds is 2. The van der Waals surface area contributed by atoms with Crippen LogP contribution in [-0.2, 0) is 0 Å². The number of fused-ring (bicyclic) bond motifs is 4. The van der Waals surface area contributed by atoms with Gasteiger partial charge in [-0.1, -0.05) is 30.3 Å². The molecule has 4 atom stereocenters. The van der Waals surface area contributed by atoms with E-state index in [0.29, 0.717) is 35.4 Å². The number of carbonyl (C=O) groups excluding carboxylic acids is 1. The predicted octanol–water partition coefficient (Wildman–Crippen LogP) is 3.67. The Balaban J connectivity index is 1.37. The molecule has 4 heterocycles. The minimum Gasteiger partial charge on any atom is -0.448 e. The number of hydrogen-bond acceptors (Lipinski definition) is 4. The highest BCUT2D eigenvalue weighted by atomic mass is 16.3. The van der Waals surface area contributed by atoms with Crippen LogP contribution in [0.1, 0.15) is 53.5 Å². The van der Waals surface area contributed by atoms with Crippen LogP contribution in [-0.4, -0.2) is 46.4 Å². The zero-order chi connectivity index (χ0) is 18.4. The quantitative estimate of drug-likeness (QED) is 0.815. The van der Waals surface area contributed by atoms with E-state index in [1.807, 2.05) is 11.8 Å². The fourth-order valence-electron chi connectivity index (χ4n) is 5.67. The summed E-state index contributed by atoms with van der Waals surface area (Å²) in [7, 11) is 0. The van der Waals surface area contributed by atoms with Gasteiger partial charge in [0.2, 0.25) is 0 Å². The van der Waals surface area contributed by atoms with Crippen molar-refractivity contribution in [1.29, 1.82) is 0 Å². The SMILES string of the molecule is Cc1ocnc1C(=O)N1C[C@@H]2C[C@H](C1)[C@@H]1CCC[C@H](c3ccccc3)N1C2. The van der Waals surface area contributed by atoms with Crippen LogP contribution in [0.5, 0.6) is 0 Å².